The first-order valence-corrected chi connectivity index (χ1v) is 8.92. The topological polar surface area (TPSA) is 71.8 Å². The van der Waals surface area contributed by atoms with Crippen LogP contribution in [0.15, 0.2) is 39.1 Å². The molecule has 23 heavy (non-hydrogen) atoms. The van der Waals surface area contributed by atoms with E-state index in [0.29, 0.717) is 23.5 Å². The van der Waals surface area contributed by atoms with Gasteiger partial charge in [-0.2, -0.15) is 0 Å². The molecule has 0 aliphatic rings. The van der Waals surface area contributed by atoms with Crippen molar-refractivity contribution < 1.29 is 4.42 Å². The van der Waals surface area contributed by atoms with E-state index in [1.54, 1.807) is 28.9 Å². The van der Waals surface area contributed by atoms with E-state index in [1.165, 1.54) is 0 Å². The predicted molar refractivity (Wildman–Crippen MR) is 92.2 cm³/mol. The molecule has 0 unspecified atom stereocenters. The first kappa shape index (κ1) is 14.3. The third-order valence-electron chi connectivity index (χ3n) is 3.48. The summed E-state index contributed by atoms with van der Waals surface area (Å²) in [5.74, 6) is 1.21. The Balaban J connectivity index is 1.66. The highest BCUT2D eigenvalue weighted by atomic mass is 32.1. The molecule has 7 heteroatoms. The molecule has 0 saturated carbocycles. The van der Waals surface area contributed by atoms with Gasteiger partial charge < -0.3 is 9.40 Å². The molecule has 0 aliphatic heterocycles. The molecule has 4 aromatic heterocycles. The number of nitrogens with zero attached hydrogens (tertiary/aromatic N) is 2. The minimum atomic E-state index is -0.0945. The molecule has 4 aromatic rings. The Bertz CT molecular complexity index is 1010. The largest absolute Gasteiger partial charge is 0.444 e. The lowest BCUT2D eigenvalue weighted by atomic mass is 10.3. The Labute approximate surface area is 139 Å². The van der Waals surface area contributed by atoms with Gasteiger partial charge in [-0.1, -0.05) is 13.0 Å². The minimum Gasteiger partial charge on any atom is -0.444 e. The van der Waals surface area contributed by atoms with Gasteiger partial charge in [-0.3, -0.25) is 4.79 Å². The molecular weight excluding hydrogens is 330 g/mol. The molecule has 116 valence electrons. The van der Waals surface area contributed by atoms with Gasteiger partial charge in [-0.25, -0.2) is 9.97 Å². The lowest BCUT2D eigenvalue weighted by Crippen LogP contribution is -2.11. The van der Waals surface area contributed by atoms with Gasteiger partial charge in [0.05, 0.1) is 22.4 Å². The van der Waals surface area contributed by atoms with Crippen molar-refractivity contribution in [1.29, 1.82) is 0 Å². The molecule has 0 amide bonds. The maximum Gasteiger partial charge on any atom is 0.259 e. The smallest absolute Gasteiger partial charge is 0.259 e. The number of nitrogens with one attached hydrogen (secondary N) is 1. The van der Waals surface area contributed by atoms with E-state index in [0.717, 1.165) is 26.7 Å². The average Bonchev–Trinajstić information content (AvgIpc) is 3.26. The molecule has 0 fully saturated rings. The summed E-state index contributed by atoms with van der Waals surface area (Å²) < 4.78 is 5.50. The summed E-state index contributed by atoms with van der Waals surface area (Å²) in [5, 5.41) is 2.64. The lowest BCUT2D eigenvalue weighted by molar-refractivity contribution is 0.574. The Hall–Kier alpha value is -2.25. The van der Waals surface area contributed by atoms with Crippen LogP contribution in [0.25, 0.3) is 21.0 Å². The fourth-order valence-corrected chi connectivity index (χ4v) is 4.00. The zero-order valence-corrected chi connectivity index (χ0v) is 14.0. The van der Waals surface area contributed by atoms with Gasteiger partial charge in [-0.15, -0.1) is 22.7 Å². The quantitative estimate of drug-likeness (QED) is 0.611. The van der Waals surface area contributed by atoms with Gasteiger partial charge in [0.2, 0.25) is 5.89 Å². The number of rotatable bonds is 4. The van der Waals surface area contributed by atoms with Crippen molar-refractivity contribution in [3.05, 3.63) is 56.6 Å². The van der Waals surface area contributed by atoms with Crippen LogP contribution in [0.2, 0.25) is 0 Å². The van der Waals surface area contributed by atoms with Crippen molar-refractivity contribution in [1.82, 2.24) is 15.0 Å². The SMILES string of the molecule is CCc1cc2c(=O)[nH]c(Cc3coc(-c4cccs4)n3)nc2s1. The zero-order valence-electron chi connectivity index (χ0n) is 12.3. The molecule has 0 bridgehead atoms. The molecule has 4 heterocycles. The maximum absolute atomic E-state index is 12.2. The Kier molecular flexibility index (Phi) is 3.59. The summed E-state index contributed by atoms with van der Waals surface area (Å²) in [5.41, 5.74) is 0.658. The van der Waals surface area contributed by atoms with Crippen molar-refractivity contribution in [2.75, 3.05) is 0 Å². The third kappa shape index (κ3) is 2.73. The van der Waals surface area contributed by atoms with Crippen molar-refractivity contribution in [3.8, 4) is 10.8 Å². The van der Waals surface area contributed by atoms with E-state index < -0.39 is 0 Å². The molecule has 0 aliphatic carbocycles. The molecule has 0 spiro atoms. The van der Waals surface area contributed by atoms with Crippen LogP contribution in [0, 0.1) is 0 Å². The number of thiophene rings is 2. The second-order valence-corrected chi connectivity index (χ2v) is 7.16. The Morgan fingerprint density at radius 2 is 2.26 bits per heavy atom. The van der Waals surface area contributed by atoms with Gasteiger partial charge in [0.25, 0.3) is 5.56 Å². The van der Waals surface area contributed by atoms with Crippen LogP contribution < -0.4 is 5.56 Å². The molecular formula is C16H13N3O2S2. The summed E-state index contributed by atoms with van der Waals surface area (Å²) in [6, 6.07) is 5.84. The highest BCUT2D eigenvalue weighted by Gasteiger charge is 2.12. The van der Waals surface area contributed by atoms with Crippen LogP contribution in [0.5, 0.6) is 0 Å². The number of hydrogen-bond donors (Lipinski definition) is 1. The first-order chi connectivity index (χ1) is 11.2. The predicted octanol–water partition coefficient (Wildman–Crippen LogP) is 3.85. The first-order valence-electron chi connectivity index (χ1n) is 7.23. The number of aromatic amines is 1. The van der Waals surface area contributed by atoms with E-state index in [1.807, 2.05) is 23.6 Å². The van der Waals surface area contributed by atoms with Crippen molar-refractivity contribution in [3.63, 3.8) is 0 Å². The second kappa shape index (κ2) is 5.75. The highest BCUT2D eigenvalue weighted by molar-refractivity contribution is 7.18. The van der Waals surface area contributed by atoms with E-state index >= 15 is 0 Å². The van der Waals surface area contributed by atoms with E-state index in [2.05, 4.69) is 21.9 Å². The molecule has 0 atom stereocenters. The van der Waals surface area contributed by atoms with Gasteiger partial charge >= 0.3 is 0 Å². The summed E-state index contributed by atoms with van der Waals surface area (Å²) >= 11 is 3.14. The van der Waals surface area contributed by atoms with Crippen LogP contribution in [0.3, 0.4) is 0 Å². The van der Waals surface area contributed by atoms with Gasteiger partial charge in [0, 0.05) is 4.88 Å². The summed E-state index contributed by atoms with van der Waals surface area (Å²) in [6.07, 6.45) is 2.97. The normalized spacial score (nSPS) is 11.3. The zero-order chi connectivity index (χ0) is 15.8. The number of aryl methyl sites for hydroxylation is 1. The average molecular weight is 343 g/mol. The minimum absolute atomic E-state index is 0.0945. The second-order valence-electron chi connectivity index (χ2n) is 5.10. The van der Waals surface area contributed by atoms with Crippen LogP contribution in [-0.4, -0.2) is 15.0 Å². The molecule has 5 nitrogen and oxygen atoms in total. The number of aromatic nitrogens is 3. The standard InChI is InChI=1S/C16H13N3O2S2/c1-2-10-7-11-14(20)18-13(19-16(11)23-10)6-9-8-21-15(17-9)12-4-3-5-22-12/h3-5,7-8H,2,6H2,1H3,(H,18,19,20). The summed E-state index contributed by atoms with van der Waals surface area (Å²) in [6.45, 7) is 2.07. The summed E-state index contributed by atoms with van der Waals surface area (Å²) in [7, 11) is 0. The lowest BCUT2D eigenvalue weighted by Gasteiger charge is -1.97. The summed E-state index contributed by atoms with van der Waals surface area (Å²) in [4.78, 5) is 27.0. The van der Waals surface area contributed by atoms with Gasteiger partial charge in [0.15, 0.2) is 0 Å². The van der Waals surface area contributed by atoms with E-state index in [9.17, 15) is 4.79 Å². The highest BCUT2D eigenvalue weighted by Crippen LogP contribution is 2.25. The third-order valence-corrected chi connectivity index (χ3v) is 5.51. The number of H-pyrrole nitrogens is 1. The Morgan fingerprint density at radius 3 is 3.04 bits per heavy atom. The number of fused-ring (bicyclic) bond motifs is 1. The fraction of sp³-hybridized carbons (Fsp3) is 0.188. The molecule has 0 radical (unpaired) electrons. The van der Waals surface area contributed by atoms with Crippen molar-refractivity contribution >= 4 is 32.9 Å². The molecule has 0 aromatic carbocycles. The maximum atomic E-state index is 12.2. The van der Waals surface area contributed by atoms with Gasteiger partial charge in [0.1, 0.15) is 16.9 Å². The molecule has 4 rings (SSSR count). The number of oxazole rings is 1. The van der Waals surface area contributed by atoms with Crippen LogP contribution in [0.4, 0.5) is 0 Å². The van der Waals surface area contributed by atoms with Crippen LogP contribution in [0.1, 0.15) is 23.3 Å². The van der Waals surface area contributed by atoms with Crippen LogP contribution in [-0.2, 0) is 12.8 Å². The van der Waals surface area contributed by atoms with E-state index in [4.69, 9.17) is 4.42 Å². The monoisotopic (exact) mass is 343 g/mol. The molecule has 1 N–H and O–H groups in total. The number of hydrogen-bond acceptors (Lipinski definition) is 6. The van der Waals surface area contributed by atoms with E-state index in [-0.39, 0.29) is 5.56 Å². The Morgan fingerprint density at radius 1 is 1.35 bits per heavy atom. The molecule has 0 saturated heterocycles. The van der Waals surface area contributed by atoms with Crippen molar-refractivity contribution in [2.45, 2.75) is 19.8 Å². The van der Waals surface area contributed by atoms with Gasteiger partial charge in [-0.05, 0) is 23.9 Å². The fourth-order valence-electron chi connectivity index (χ4n) is 2.36. The van der Waals surface area contributed by atoms with Crippen molar-refractivity contribution in [2.24, 2.45) is 0 Å². The van der Waals surface area contributed by atoms with Crippen LogP contribution >= 0.6 is 22.7 Å².